The Morgan fingerprint density at radius 1 is 0.938 bits per heavy atom. The summed E-state index contributed by atoms with van der Waals surface area (Å²) in [7, 11) is 0. The van der Waals surface area contributed by atoms with E-state index in [4.69, 9.17) is 10.2 Å². The number of aromatic nitrogens is 2. The molecule has 1 fully saturated rings. The maximum Gasteiger partial charge on any atom is 0.328 e. The van der Waals surface area contributed by atoms with Gasteiger partial charge in [-0.2, -0.15) is 11.3 Å². The van der Waals surface area contributed by atoms with Crippen LogP contribution in [0.2, 0.25) is 0 Å². The summed E-state index contributed by atoms with van der Waals surface area (Å²) < 4.78 is 0. The zero-order valence-corrected chi connectivity index (χ0v) is 18.2. The summed E-state index contributed by atoms with van der Waals surface area (Å²) in [5, 5.41) is 20.0. The summed E-state index contributed by atoms with van der Waals surface area (Å²) in [5.41, 5.74) is 4.00. The van der Waals surface area contributed by atoms with Gasteiger partial charge in [0.05, 0.1) is 0 Å². The fourth-order valence-corrected chi connectivity index (χ4v) is 3.90. The molecule has 1 saturated heterocycles. The Morgan fingerprint density at radius 2 is 1.62 bits per heavy atom. The Bertz CT molecular complexity index is 1020. The molecule has 1 aliphatic rings. The maximum absolute atomic E-state index is 9.55. The lowest BCUT2D eigenvalue weighted by Gasteiger charge is -2.34. The average molecular weight is 453 g/mol. The fourth-order valence-electron chi connectivity index (χ4n) is 3.24. The molecule has 3 heterocycles. The third kappa shape index (κ3) is 7.29. The monoisotopic (exact) mass is 452 g/mol. The first-order valence-electron chi connectivity index (χ1n) is 10.0. The quantitative estimate of drug-likeness (QED) is 0.549. The number of carboxylic acids is 2. The summed E-state index contributed by atoms with van der Waals surface area (Å²) in [6, 6.07) is 12.9. The number of piperazine rings is 1. The van der Waals surface area contributed by atoms with Crippen LogP contribution in [0.25, 0.3) is 11.1 Å². The molecule has 0 spiro atoms. The topological polar surface area (TPSA) is 107 Å². The smallest absolute Gasteiger partial charge is 0.328 e. The maximum atomic E-state index is 9.55. The molecule has 0 saturated carbocycles. The first-order chi connectivity index (χ1) is 15.5. The van der Waals surface area contributed by atoms with Crippen LogP contribution in [0.4, 0.5) is 5.95 Å². The van der Waals surface area contributed by atoms with E-state index in [1.54, 1.807) is 11.3 Å². The second-order valence-electron chi connectivity index (χ2n) is 7.03. The average Bonchev–Trinajstić information content (AvgIpc) is 3.35. The minimum atomic E-state index is -1.26. The summed E-state index contributed by atoms with van der Waals surface area (Å²) in [5.74, 6) is -1.67. The van der Waals surface area contributed by atoms with Crippen molar-refractivity contribution in [3.63, 3.8) is 0 Å². The minimum absolute atomic E-state index is 0.558. The van der Waals surface area contributed by atoms with E-state index in [9.17, 15) is 9.59 Å². The summed E-state index contributed by atoms with van der Waals surface area (Å²) in [6.07, 6.45) is 4.74. The zero-order chi connectivity index (χ0) is 22.8. The van der Waals surface area contributed by atoms with E-state index in [1.165, 1.54) is 16.7 Å². The Hall–Kier alpha value is -3.56. The Labute approximate surface area is 190 Å². The van der Waals surface area contributed by atoms with Crippen LogP contribution in [0.15, 0.2) is 71.7 Å². The molecule has 9 heteroatoms. The standard InChI is InChI=1S/C19H20N4S.C4H4O4/c1-3-16(13-17(4-1)18-5-12-24-15-18)14-22-8-10-23(11-9-22)19-20-6-2-7-21-19;5-3(6)1-2-4(7)8/h1-7,12-13,15H,8-11,14H2;1-2H,(H,5,6)(H,7,8)/b;2-1-. The van der Waals surface area contributed by atoms with Crippen LogP contribution in [0, 0.1) is 0 Å². The molecule has 0 amide bonds. The largest absolute Gasteiger partial charge is 0.478 e. The molecule has 3 aromatic rings. The van der Waals surface area contributed by atoms with Gasteiger partial charge in [0.15, 0.2) is 0 Å². The van der Waals surface area contributed by atoms with Crippen molar-refractivity contribution in [2.24, 2.45) is 0 Å². The van der Waals surface area contributed by atoms with E-state index < -0.39 is 11.9 Å². The molecule has 1 aliphatic heterocycles. The summed E-state index contributed by atoms with van der Waals surface area (Å²) >= 11 is 1.75. The third-order valence-corrected chi connectivity index (χ3v) is 5.45. The lowest BCUT2D eigenvalue weighted by atomic mass is 10.1. The first-order valence-corrected chi connectivity index (χ1v) is 11.0. The first kappa shape index (κ1) is 23.1. The highest BCUT2D eigenvalue weighted by Gasteiger charge is 2.18. The van der Waals surface area contributed by atoms with E-state index in [0.29, 0.717) is 12.2 Å². The van der Waals surface area contributed by atoms with Crippen molar-refractivity contribution in [2.45, 2.75) is 6.54 Å². The molecule has 2 N–H and O–H groups in total. The number of aliphatic carboxylic acids is 2. The van der Waals surface area contributed by atoms with Crippen LogP contribution < -0.4 is 4.90 Å². The van der Waals surface area contributed by atoms with Crippen LogP contribution in [0.1, 0.15) is 5.56 Å². The van der Waals surface area contributed by atoms with Crippen LogP contribution in [0.5, 0.6) is 0 Å². The van der Waals surface area contributed by atoms with Crippen molar-refractivity contribution in [1.29, 1.82) is 0 Å². The summed E-state index contributed by atoms with van der Waals surface area (Å²) in [4.78, 5) is 32.6. The Morgan fingerprint density at radius 3 is 2.22 bits per heavy atom. The van der Waals surface area contributed by atoms with Crippen molar-refractivity contribution >= 4 is 29.2 Å². The number of nitrogens with zero attached hydrogens (tertiary/aromatic N) is 4. The van der Waals surface area contributed by atoms with Gasteiger partial charge in [-0.05, 0) is 45.6 Å². The van der Waals surface area contributed by atoms with Gasteiger partial charge in [0, 0.05) is 57.3 Å². The molecule has 0 atom stereocenters. The van der Waals surface area contributed by atoms with Crippen LogP contribution >= 0.6 is 11.3 Å². The van der Waals surface area contributed by atoms with Gasteiger partial charge in [-0.3, -0.25) is 4.90 Å². The van der Waals surface area contributed by atoms with E-state index in [0.717, 1.165) is 38.7 Å². The van der Waals surface area contributed by atoms with Crippen molar-refractivity contribution in [1.82, 2.24) is 14.9 Å². The molecular weight excluding hydrogens is 428 g/mol. The van der Waals surface area contributed by atoms with Crippen LogP contribution in [0.3, 0.4) is 0 Å². The minimum Gasteiger partial charge on any atom is -0.478 e. The fraction of sp³-hybridized carbons (Fsp3) is 0.217. The van der Waals surface area contributed by atoms with Crippen LogP contribution in [-0.4, -0.2) is 63.2 Å². The molecular formula is C23H24N4O4S. The van der Waals surface area contributed by atoms with Gasteiger partial charge in [0.1, 0.15) is 0 Å². The van der Waals surface area contributed by atoms with Crippen LogP contribution in [-0.2, 0) is 16.1 Å². The Kier molecular flexibility index (Phi) is 8.47. The van der Waals surface area contributed by atoms with Gasteiger partial charge < -0.3 is 15.1 Å². The Balaban J connectivity index is 0.000000312. The normalized spacial score (nSPS) is 14.1. The number of rotatable bonds is 6. The predicted molar refractivity (Wildman–Crippen MR) is 124 cm³/mol. The molecule has 0 bridgehead atoms. The lowest BCUT2D eigenvalue weighted by molar-refractivity contribution is -0.134. The molecule has 166 valence electrons. The van der Waals surface area contributed by atoms with Gasteiger partial charge in [-0.15, -0.1) is 0 Å². The van der Waals surface area contributed by atoms with E-state index >= 15 is 0 Å². The number of hydrogen-bond acceptors (Lipinski definition) is 7. The second-order valence-corrected chi connectivity index (χ2v) is 7.81. The molecule has 4 rings (SSSR count). The van der Waals surface area contributed by atoms with E-state index in [-0.39, 0.29) is 0 Å². The lowest BCUT2D eigenvalue weighted by Crippen LogP contribution is -2.46. The molecule has 8 nitrogen and oxygen atoms in total. The van der Waals surface area contributed by atoms with Crippen molar-refractivity contribution < 1.29 is 19.8 Å². The number of carbonyl (C=O) groups is 2. The number of carboxylic acid groups (broad SMARTS) is 2. The van der Waals surface area contributed by atoms with Gasteiger partial charge in [-0.25, -0.2) is 19.6 Å². The van der Waals surface area contributed by atoms with Crippen molar-refractivity contribution in [2.75, 3.05) is 31.1 Å². The van der Waals surface area contributed by atoms with Gasteiger partial charge in [-0.1, -0.05) is 18.2 Å². The number of benzene rings is 1. The molecule has 0 aliphatic carbocycles. The van der Waals surface area contributed by atoms with E-state index in [1.807, 2.05) is 18.5 Å². The highest BCUT2D eigenvalue weighted by atomic mass is 32.1. The molecule has 1 aromatic carbocycles. The molecule has 32 heavy (non-hydrogen) atoms. The highest BCUT2D eigenvalue weighted by Crippen LogP contribution is 2.23. The molecule has 2 aromatic heterocycles. The van der Waals surface area contributed by atoms with Crippen molar-refractivity contribution in [3.8, 4) is 11.1 Å². The zero-order valence-electron chi connectivity index (χ0n) is 17.4. The highest BCUT2D eigenvalue weighted by molar-refractivity contribution is 7.08. The SMILES string of the molecule is O=C(O)/C=C\C(=O)O.c1cnc(N2CCN(Cc3cccc(-c4ccsc4)c3)CC2)nc1. The molecule has 0 unspecified atom stereocenters. The van der Waals surface area contributed by atoms with Gasteiger partial charge in [0.25, 0.3) is 0 Å². The summed E-state index contributed by atoms with van der Waals surface area (Å²) in [6.45, 7) is 5.05. The molecule has 0 radical (unpaired) electrons. The van der Waals surface area contributed by atoms with Gasteiger partial charge >= 0.3 is 11.9 Å². The van der Waals surface area contributed by atoms with Gasteiger partial charge in [0.2, 0.25) is 5.95 Å². The predicted octanol–water partition coefficient (Wildman–Crippen LogP) is 3.24. The van der Waals surface area contributed by atoms with E-state index in [2.05, 4.69) is 60.9 Å². The number of thiophene rings is 1. The third-order valence-electron chi connectivity index (χ3n) is 4.76. The number of anilines is 1. The second kappa shape index (κ2) is 11.7. The van der Waals surface area contributed by atoms with Crippen molar-refractivity contribution in [3.05, 3.63) is 77.3 Å². The number of hydrogen-bond donors (Lipinski definition) is 2.